The number of carbonyl (C=O) groups excluding carboxylic acids is 2. The number of aromatic nitrogens is 3. The summed E-state index contributed by atoms with van der Waals surface area (Å²) in [6.07, 6.45) is 0. The van der Waals surface area contributed by atoms with Gasteiger partial charge < -0.3 is 9.84 Å². The fraction of sp³-hybridized carbons (Fsp3) is 0.0800. The molecule has 0 amide bonds. The minimum Gasteiger partial charge on any atom is -0.507 e. The second-order valence-corrected chi connectivity index (χ2v) is 7.03. The van der Waals surface area contributed by atoms with E-state index in [-0.39, 0.29) is 17.4 Å². The predicted octanol–water partition coefficient (Wildman–Crippen LogP) is 4.57. The van der Waals surface area contributed by atoms with Gasteiger partial charge in [0, 0.05) is 16.7 Å². The molecular formula is C25H19N3O4. The van der Waals surface area contributed by atoms with Gasteiger partial charge in [-0.2, -0.15) is 0 Å². The minimum atomic E-state index is -0.441. The molecule has 32 heavy (non-hydrogen) atoms. The summed E-state index contributed by atoms with van der Waals surface area (Å²) in [5, 5.41) is 10.5. The van der Waals surface area contributed by atoms with Gasteiger partial charge in [-0.15, -0.1) is 0 Å². The maximum atomic E-state index is 11.9. The third-order valence-electron chi connectivity index (χ3n) is 4.88. The van der Waals surface area contributed by atoms with Crippen molar-refractivity contribution in [3.8, 4) is 39.9 Å². The molecule has 0 saturated carbocycles. The van der Waals surface area contributed by atoms with Gasteiger partial charge in [-0.25, -0.2) is 19.7 Å². The summed E-state index contributed by atoms with van der Waals surface area (Å²) in [6.45, 7) is 1.45. The van der Waals surface area contributed by atoms with Crippen LogP contribution >= 0.6 is 0 Å². The molecule has 0 radical (unpaired) electrons. The number of hydrogen-bond acceptors (Lipinski definition) is 7. The van der Waals surface area contributed by atoms with E-state index in [1.165, 1.54) is 20.1 Å². The van der Waals surface area contributed by atoms with Gasteiger partial charge in [0.2, 0.25) is 0 Å². The zero-order chi connectivity index (χ0) is 22.7. The summed E-state index contributed by atoms with van der Waals surface area (Å²) in [5.41, 5.74) is 2.58. The fourth-order valence-corrected chi connectivity index (χ4v) is 3.15. The van der Waals surface area contributed by atoms with Crippen molar-refractivity contribution in [1.82, 2.24) is 15.0 Å². The largest absolute Gasteiger partial charge is 0.507 e. The Morgan fingerprint density at radius 2 is 1.31 bits per heavy atom. The highest BCUT2D eigenvalue weighted by Gasteiger charge is 2.16. The number of phenolic OH excluding ortho intramolecular Hbond substituents is 1. The third-order valence-corrected chi connectivity index (χ3v) is 4.88. The summed E-state index contributed by atoms with van der Waals surface area (Å²) in [5.74, 6) is 0.373. The molecule has 158 valence electrons. The second kappa shape index (κ2) is 8.77. The van der Waals surface area contributed by atoms with Crippen LogP contribution in [0, 0.1) is 0 Å². The van der Waals surface area contributed by atoms with Gasteiger partial charge in [0.25, 0.3) is 0 Å². The van der Waals surface area contributed by atoms with Gasteiger partial charge in [-0.05, 0) is 37.3 Å². The lowest BCUT2D eigenvalue weighted by Crippen LogP contribution is -2.03. The zero-order valence-electron chi connectivity index (χ0n) is 17.4. The topological polar surface area (TPSA) is 102 Å². The van der Waals surface area contributed by atoms with Crippen LogP contribution in [0.1, 0.15) is 27.6 Å². The van der Waals surface area contributed by atoms with Crippen molar-refractivity contribution in [2.45, 2.75) is 6.92 Å². The van der Waals surface area contributed by atoms with Gasteiger partial charge >= 0.3 is 5.97 Å². The lowest BCUT2D eigenvalue weighted by molar-refractivity contribution is 0.0600. The molecule has 7 nitrogen and oxygen atoms in total. The fourth-order valence-electron chi connectivity index (χ4n) is 3.15. The highest BCUT2D eigenvalue weighted by atomic mass is 16.5. The molecule has 7 heteroatoms. The Kier molecular flexibility index (Phi) is 5.72. The summed E-state index contributed by atoms with van der Waals surface area (Å²) < 4.78 is 4.74. The highest BCUT2D eigenvalue weighted by Crippen LogP contribution is 2.31. The first-order chi connectivity index (χ1) is 15.5. The lowest BCUT2D eigenvalue weighted by Gasteiger charge is -2.10. The Balaban J connectivity index is 1.89. The van der Waals surface area contributed by atoms with Gasteiger partial charge in [-0.3, -0.25) is 4.79 Å². The number of carbonyl (C=O) groups is 2. The van der Waals surface area contributed by atoms with Crippen LogP contribution in [-0.4, -0.2) is 38.9 Å². The van der Waals surface area contributed by atoms with E-state index in [1.54, 1.807) is 36.4 Å². The Morgan fingerprint density at radius 3 is 1.91 bits per heavy atom. The van der Waals surface area contributed by atoms with Crippen LogP contribution in [0.25, 0.3) is 34.2 Å². The molecule has 4 rings (SSSR count). The van der Waals surface area contributed by atoms with Crippen molar-refractivity contribution in [2.75, 3.05) is 7.11 Å². The standard InChI is InChI=1S/C25H19N3O4/c1-15(29)19-12-13-21(30)20(14-19)24-27-22(16-6-4-3-5-7-16)26-23(28-24)17-8-10-18(11-9-17)25(31)32-2/h3-14,30H,1-2H3. The van der Waals surface area contributed by atoms with Crippen molar-refractivity contribution in [1.29, 1.82) is 0 Å². The Morgan fingerprint density at radius 1 is 0.750 bits per heavy atom. The van der Waals surface area contributed by atoms with Gasteiger partial charge in [0.1, 0.15) is 5.75 Å². The molecule has 0 bridgehead atoms. The molecular weight excluding hydrogens is 406 g/mol. The van der Waals surface area contributed by atoms with Crippen molar-refractivity contribution in [3.63, 3.8) is 0 Å². The smallest absolute Gasteiger partial charge is 0.337 e. The number of rotatable bonds is 5. The molecule has 0 aliphatic heterocycles. The Labute approximate surface area is 184 Å². The number of esters is 1. The molecule has 0 atom stereocenters. The Hall–Kier alpha value is -4.39. The van der Waals surface area contributed by atoms with Crippen molar-refractivity contribution < 1.29 is 19.4 Å². The molecule has 0 spiro atoms. The number of ketones is 1. The highest BCUT2D eigenvalue weighted by molar-refractivity contribution is 5.95. The molecule has 4 aromatic rings. The molecule has 0 saturated heterocycles. The summed E-state index contributed by atoms with van der Waals surface area (Å²) in [6, 6.07) is 20.6. The first-order valence-corrected chi connectivity index (χ1v) is 9.81. The van der Waals surface area contributed by atoms with E-state index < -0.39 is 5.97 Å². The first-order valence-electron chi connectivity index (χ1n) is 9.81. The SMILES string of the molecule is COC(=O)c1ccc(-c2nc(-c3ccccc3)nc(-c3cc(C(C)=O)ccc3O)n2)cc1. The van der Waals surface area contributed by atoms with E-state index >= 15 is 0 Å². The van der Waals surface area contributed by atoms with E-state index in [2.05, 4.69) is 15.0 Å². The van der Waals surface area contributed by atoms with E-state index in [0.29, 0.717) is 33.9 Å². The van der Waals surface area contributed by atoms with Crippen LogP contribution in [0.3, 0.4) is 0 Å². The van der Waals surface area contributed by atoms with E-state index in [9.17, 15) is 14.7 Å². The van der Waals surface area contributed by atoms with Crippen LogP contribution in [0.15, 0.2) is 72.8 Å². The van der Waals surface area contributed by atoms with E-state index in [0.717, 1.165) is 5.56 Å². The molecule has 1 N–H and O–H groups in total. The van der Waals surface area contributed by atoms with Crippen LogP contribution in [0.5, 0.6) is 5.75 Å². The molecule has 0 fully saturated rings. The number of ether oxygens (including phenoxy) is 1. The summed E-state index contributed by atoms with van der Waals surface area (Å²) >= 11 is 0. The van der Waals surface area contributed by atoms with Gasteiger partial charge in [0.15, 0.2) is 23.3 Å². The quantitative estimate of drug-likeness (QED) is 0.369. The van der Waals surface area contributed by atoms with Crippen molar-refractivity contribution >= 4 is 11.8 Å². The average molecular weight is 425 g/mol. The van der Waals surface area contributed by atoms with Crippen LogP contribution in [0.2, 0.25) is 0 Å². The van der Waals surface area contributed by atoms with Crippen molar-refractivity contribution in [2.24, 2.45) is 0 Å². The van der Waals surface area contributed by atoms with Gasteiger partial charge in [-0.1, -0.05) is 42.5 Å². The Bertz CT molecular complexity index is 1300. The van der Waals surface area contributed by atoms with Gasteiger partial charge in [0.05, 0.1) is 18.2 Å². The number of aromatic hydroxyl groups is 1. The number of phenols is 1. The number of benzene rings is 3. The summed E-state index contributed by atoms with van der Waals surface area (Å²) in [7, 11) is 1.32. The molecule has 1 aromatic heterocycles. The molecule has 1 heterocycles. The average Bonchev–Trinajstić information content (AvgIpc) is 2.84. The zero-order valence-corrected chi connectivity index (χ0v) is 17.4. The maximum absolute atomic E-state index is 11.9. The van der Waals surface area contributed by atoms with E-state index in [1.807, 2.05) is 30.3 Å². The molecule has 3 aromatic carbocycles. The van der Waals surface area contributed by atoms with Crippen LogP contribution in [0.4, 0.5) is 0 Å². The number of methoxy groups -OCH3 is 1. The van der Waals surface area contributed by atoms with Crippen molar-refractivity contribution in [3.05, 3.63) is 83.9 Å². The lowest BCUT2D eigenvalue weighted by atomic mass is 10.1. The third kappa shape index (κ3) is 4.22. The van der Waals surface area contributed by atoms with Crippen LogP contribution < -0.4 is 0 Å². The van der Waals surface area contributed by atoms with E-state index in [4.69, 9.17) is 4.74 Å². The summed E-state index contributed by atoms with van der Waals surface area (Å²) in [4.78, 5) is 37.3. The first kappa shape index (κ1) is 20.9. The number of nitrogens with zero attached hydrogens (tertiary/aromatic N) is 3. The molecule has 0 aliphatic carbocycles. The number of hydrogen-bond donors (Lipinski definition) is 1. The monoisotopic (exact) mass is 425 g/mol. The minimum absolute atomic E-state index is 0.0489. The van der Waals surface area contributed by atoms with Crippen LogP contribution in [-0.2, 0) is 4.74 Å². The predicted molar refractivity (Wildman–Crippen MR) is 119 cm³/mol. The normalized spacial score (nSPS) is 10.6. The number of Topliss-reactive ketones (excluding diaryl/α,β-unsaturated/α-hetero) is 1. The second-order valence-electron chi connectivity index (χ2n) is 7.03. The maximum Gasteiger partial charge on any atom is 0.337 e. The molecule has 0 aliphatic rings. The molecule has 0 unspecified atom stereocenters.